The summed E-state index contributed by atoms with van der Waals surface area (Å²) in [5, 5.41) is 8.00. The van der Waals surface area contributed by atoms with Crippen molar-refractivity contribution in [1.29, 1.82) is 0 Å². The smallest absolute Gasteiger partial charge is 0.243 e. The molecular weight excluding hydrogens is 529 g/mol. The zero-order valence-corrected chi connectivity index (χ0v) is 27.5. The second-order valence-electron chi connectivity index (χ2n) is 13.6. The van der Waals surface area contributed by atoms with E-state index in [1.54, 1.807) is 0 Å². The van der Waals surface area contributed by atoms with Gasteiger partial charge in [-0.1, -0.05) is 182 Å². The normalized spacial score (nSPS) is 11.5. The van der Waals surface area contributed by atoms with Crippen LogP contribution in [0.15, 0.2) is 121 Å². The number of unbranched alkanes of at least 4 members (excludes halogenated alkanes) is 5. The predicted molar refractivity (Wildman–Crippen MR) is 198 cm³/mol. The molecule has 0 fully saturated rings. The van der Waals surface area contributed by atoms with Crippen LogP contribution in [0, 0.1) is 0 Å². The molecule has 0 unspecified atom stereocenters. The molecule has 0 N–H and O–H groups in total. The van der Waals surface area contributed by atoms with Crippen LogP contribution in [0.25, 0.3) is 32.3 Å². The zero-order valence-electron chi connectivity index (χ0n) is 27.5. The largest absolute Gasteiger partial charge is 0.333 e. The van der Waals surface area contributed by atoms with Crippen molar-refractivity contribution in [3.63, 3.8) is 0 Å². The average molecular weight is 579 g/mol. The topological polar surface area (TPSA) is 0 Å². The Hall–Kier alpha value is -3.88. The fourth-order valence-corrected chi connectivity index (χ4v) is 6.48. The van der Waals surface area contributed by atoms with Crippen LogP contribution in [0.1, 0.15) is 51.0 Å². The molecule has 0 aliphatic carbocycles. The summed E-state index contributed by atoms with van der Waals surface area (Å²) in [6.45, 7) is 2.44. The monoisotopic (exact) mass is 578 g/mol. The van der Waals surface area contributed by atoms with Gasteiger partial charge in [0.1, 0.15) is 0 Å². The van der Waals surface area contributed by atoms with Crippen molar-refractivity contribution in [2.45, 2.75) is 51.9 Å². The molecule has 0 saturated carbocycles. The third-order valence-electron chi connectivity index (χ3n) is 8.42. The number of fused-ring (bicyclic) bond motifs is 3. The number of quaternary nitrogens is 1. The molecule has 0 aliphatic rings. The van der Waals surface area contributed by atoms with Gasteiger partial charge >= 0.3 is 0 Å². The van der Waals surface area contributed by atoms with Gasteiger partial charge in [-0.05, 0) is 45.2 Å². The molecule has 6 aromatic rings. The summed E-state index contributed by atoms with van der Waals surface area (Å²) in [7, 11) is 8.50. The van der Waals surface area contributed by atoms with E-state index in [-0.39, 0.29) is 6.71 Å². The van der Waals surface area contributed by atoms with E-state index in [1.165, 1.54) is 92.8 Å². The highest BCUT2D eigenvalue weighted by molar-refractivity contribution is 6.99. The first kappa shape index (κ1) is 31.5. The molecule has 224 valence electrons. The molecule has 0 saturated heterocycles. The second kappa shape index (κ2) is 14.7. The second-order valence-corrected chi connectivity index (χ2v) is 13.6. The van der Waals surface area contributed by atoms with E-state index >= 15 is 0 Å². The summed E-state index contributed by atoms with van der Waals surface area (Å²) < 4.78 is 1.00. The van der Waals surface area contributed by atoms with Crippen LogP contribution in [0.4, 0.5) is 0 Å². The van der Waals surface area contributed by atoms with Crippen molar-refractivity contribution in [2.24, 2.45) is 0 Å². The fraction of sp³-hybridized carbons (Fsp3) is 0.286. The Morgan fingerprint density at radius 2 is 0.886 bits per heavy atom. The number of hydrogen-bond donors (Lipinski definition) is 0. The van der Waals surface area contributed by atoms with Gasteiger partial charge in [-0.3, -0.25) is 0 Å². The maximum Gasteiger partial charge on any atom is 0.243 e. The molecule has 0 amide bonds. The van der Waals surface area contributed by atoms with Crippen molar-refractivity contribution in [1.82, 2.24) is 0 Å². The summed E-state index contributed by atoms with van der Waals surface area (Å²) in [6, 6.07) is 45.3. The summed E-state index contributed by atoms with van der Waals surface area (Å²) >= 11 is 0. The molecule has 0 aliphatic heterocycles. The van der Waals surface area contributed by atoms with Crippen LogP contribution < -0.4 is 16.4 Å². The van der Waals surface area contributed by atoms with Gasteiger partial charge in [0, 0.05) is 0 Å². The van der Waals surface area contributed by atoms with Crippen molar-refractivity contribution in [3.05, 3.63) is 127 Å². The Bertz CT molecular complexity index is 1720. The molecule has 0 atom stereocenters. The van der Waals surface area contributed by atoms with Crippen LogP contribution in [-0.4, -0.2) is 39.4 Å². The first-order valence-corrected chi connectivity index (χ1v) is 16.6. The molecule has 0 aromatic heterocycles. The van der Waals surface area contributed by atoms with Gasteiger partial charge in [0.15, 0.2) is 0 Å². The maximum atomic E-state index is 2.42. The standard InChI is InChI=1S/C38H37B.C4H12N/c1-2-3-4-5-6-7-19-32-28-27-31-18-10-13-24-35(31)38(32)39(36-25-14-20-29-16-8-11-22-33(29)36)37-26-15-21-30-17-9-12-23-34(30)37;1-5(2,3)4/h8-18,20-28H,2-7,19H2,1H3;1-4H3/q;+1. The zero-order chi connectivity index (χ0) is 30.9. The predicted octanol–water partition coefficient (Wildman–Crippen LogP) is 8.89. The van der Waals surface area contributed by atoms with Gasteiger partial charge in [-0.15, -0.1) is 0 Å². The third-order valence-corrected chi connectivity index (χ3v) is 8.42. The van der Waals surface area contributed by atoms with Gasteiger partial charge < -0.3 is 4.48 Å². The minimum atomic E-state index is 0.142. The lowest BCUT2D eigenvalue weighted by Gasteiger charge is -2.24. The molecule has 6 aromatic carbocycles. The number of rotatable bonds is 10. The van der Waals surface area contributed by atoms with E-state index in [2.05, 4.69) is 156 Å². The van der Waals surface area contributed by atoms with Crippen LogP contribution in [0.3, 0.4) is 0 Å². The van der Waals surface area contributed by atoms with E-state index in [0.717, 1.165) is 10.9 Å². The number of nitrogens with zero attached hydrogens (tertiary/aromatic N) is 1. The molecule has 6 rings (SSSR count). The molecule has 2 heteroatoms. The fourth-order valence-electron chi connectivity index (χ4n) is 6.48. The van der Waals surface area contributed by atoms with Gasteiger partial charge in [0.2, 0.25) is 6.71 Å². The Kier molecular flexibility index (Phi) is 10.6. The highest BCUT2D eigenvalue weighted by Gasteiger charge is 2.29. The molecular formula is C42H49BN+. The molecule has 1 nitrogen and oxygen atoms in total. The van der Waals surface area contributed by atoms with E-state index in [4.69, 9.17) is 0 Å². The van der Waals surface area contributed by atoms with Crippen molar-refractivity contribution >= 4 is 55.4 Å². The van der Waals surface area contributed by atoms with E-state index in [1.807, 2.05) is 0 Å². The number of aryl methyl sites for hydroxylation is 1. The first-order valence-electron chi connectivity index (χ1n) is 16.6. The quantitative estimate of drug-likeness (QED) is 0.0865. The Morgan fingerprint density at radius 3 is 1.43 bits per heavy atom. The highest BCUT2D eigenvalue weighted by atomic mass is 15.2. The minimum Gasteiger partial charge on any atom is -0.333 e. The van der Waals surface area contributed by atoms with Gasteiger partial charge in [0.25, 0.3) is 0 Å². The molecule has 0 heterocycles. The van der Waals surface area contributed by atoms with Crippen molar-refractivity contribution in [3.8, 4) is 0 Å². The number of hydrogen-bond acceptors (Lipinski definition) is 0. The summed E-state index contributed by atoms with van der Waals surface area (Å²) in [5.74, 6) is 0. The maximum absolute atomic E-state index is 2.42. The minimum absolute atomic E-state index is 0.142. The lowest BCUT2D eigenvalue weighted by molar-refractivity contribution is -0.849. The Morgan fingerprint density at radius 1 is 0.455 bits per heavy atom. The molecule has 44 heavy (non-hydrogen) atoms. The molecule has 0 radical (unpaired) electrons. The van der Waals surface area contributed by atoms with Crippen LogP contribution in [0.5, 0.6) is 0 Å². The van der Waals surface area contributed by atoms with Crippen molar-refractivity contribution < 1.29 is 4.48 Å². The van der Waals surface area contributed by atoms with Crippen LogP contribution in [-0.2, 0) is 6.42 Å². The highest BCUT2D eigenvalue weighted by Crippen LogP contribution is 2.21. The molecule has 0 bridgehead atoms. The number of benzene rings is 6. The van der Waals surface area contributed by atoms with E-state index in [9.17, 15) is 0 Å². The average Bonchev–Trinajstić information content (AvgIpc) is 3.03. The summed E-state index contributed by atoms with van der Waals surface area (Å²) in [6.07, 6.45) is 9.02. The van der Waals surface area contributed by atoms with Crippen LogP contribution in [0.2, 0.25) is 0 Å². The van der Waals surface area contributed by atoms with E-state index in [0.29, 0.717) is 0 Å². The van der Waals surface area contributed by atoms with E-state index < -0.39 is 0 Å². The summed E-state index contributed by atoms with van der Waals surface area (Å²) in [5.41, 5.74) is 5.76. The SMILES string of the molecule is CCCCCCCCc1ccc2ccccc2c1B(c1cccc2ccccc12)c1cccc2ccccc12.C[N+](C)(C)C. The van der Waals surface area contributed by atoms with Gasteiger partial charge in [0.05, 0.1) is 28.2 Å². The van der Waals surface area contributed by atoms with Crippen molar-refractivity contribution in [2.75, 3.05) is 28.2 Å². The Labute approximate surface area is 266 Å². The third kappa shape index (κ3) is 7.79. The van der Waals surface area contributed by atoms with Gasteiger partial charge in [-0.2, -0.15) is 0 Å². The lowest BCUT2D eigenvalue weighted by Crippen LogP contribution is -2.54. The first-order chi connectivity index (χ1) is 21.3. The lowest BCUT2D eigenvalue weighted by atomic mass is 9.34. The van der Waals surface area contributed by atoms with Gasteiger partial charge in [-0.25, -0.2) is 0 Å². The molecule has 0 spiro atoms. The Balaban J connectivity index is 0.000000712. The summed E-state index contributed by atoms with van der Waals surface area (Å²) in [4.78, 5) is 0. The van der Waals surface area contributed by atoms with Crippen LogP contribution >= 0.6 is 0 Å².